The number of imidazole rings is 1. The molecule has 6 aromatic carbocycles. The highest BCUT2D eigenvalue weighted by atomic mass is 16.5. The first kappa shape index (κ1) is 28.9. The van der Waals surface area contributed by atoms with Gasteiger partial charge in [0.2, 0.25) is 6.33 Å². The summed E-state index contributed by atoms with van der Waals surface area (Å²) in [6.45, 7) is 4.25. The number of ether oxygens (including phenoxy) is 2. The van der Waals surface area contributed by atoms with Crippen molar-refractivity contribution in [2.24, 2.45) is 6.98 Å². The van der Waals surface area contributed by atoms with E-state index in [9.17, 15) is 0 Å². The Balaban J connectivity index is 1.11. The van der Waals surface area contributed by atoms with Crippen molar-refractivity contribution in [2.75, 3.05) is 0 Å². The number of rotatable bonds is 5. The average molecular weight is 704 g/mol. The fourth-order valence-corrected chi connectivity index (χ4v) is 7.85. The van der Waals surface area contributed by atoms with Gasteiger partial charge in [-0.25, -0.2) is 4.98 Å². The van der Waals surface area contributed by atoms with Gasteiger partial charge < -0.3 is 18.6 Å². The molecule has 0 saturated heterocycles. The van der Waals surface area contributed by atoms with E-state index in [2.05, 4.69) is 98.4 Å². The van der Waals surface area contributed by atoms with E-state index in [4.69, 9.17) is 18.6 Å². The fourth-order valence-electron chi connectivity index (χ4n) is 7.85. The third-order valence-electron chi connectivity index (χ3n) is 10.5. The first-order chi connectivity index (χ1) is 27.5. The molecule has 0 unspecified atom stereocenters. The van der Waals surface area contributed by atoms with Gasteiger partial charge >= 0.3 is 0 Å². The molecule has 1 aliphatic heterocycles. The second-order valence-corrected chi connectivity index (χ2v) is 14.9. The minimum Gasteiger partial charge on any atom is -0.458 e. The smallest absolute Gasteiger partial charge is 0.250 e. The summed E-state index contributed by atoms with van der Waals surface area (Å²) in [5.74, 6) is 3.83. The van der Waals surface area contributed by atoms with Crippen LogP contribution in [-0.2, 0) is 12.4 Å². The number of benzene rings is 6. The van der Waals surface area contributed by atoms with Crippen LogP contribution >= 0.6 is 0 Å². The molecule has 0 radical (unpaired) electrons. The van der Waals surface area contributed by atoms with Crippen LogP contribution in [-0.4, -0.2) is 20.8 Å². The van der Waals surface area contributed by atoms with Crippen molar-refractivity contribution in [3.63, 3.8) is 0 Å². The molecule has 6 nitrogen and oxygen atoms in total. The average Bonchev–Trinajstić information content (AvgIpc) is 3.76. The number of pyridine rings is 1. The molecule has 0 spiro atoms. The second kappa shape index (κ2) is 12.2. The minimum absolute atomic E-state index is 0.00455. The summed E-state index contributed by atoms with van der Waals surface area (Å²) in [5.41, 5.74) is 8.59. The van der Waals surface area contributed by atoms with Gasteiger partial charge in [0.15, 0.2) is 0 Å². The van der Waals surface area contributed by atoms with Gasteiger partial charge in [-0.05, 0) is 76.5 Å². The van der Waals surface area contributed by atoms with Crippen LogP contribution in [0.25, 0.3) is 44.3 Å². The highest BCUT2D eigenvalue weighted by Gasteiger charge is 2.32. The summed E-state index contributed by atoms with van der Waals surface area (Å²) in [5, 5.41) is 2.19. The van der Waals surface area contributed by atoms with E-state index in [-0.39, 0.29) is 12.1 Å². The van der Waals surface area contributed by atoms with Gasteiger partial charge in [-0.3, -0.25) is 4.57 Å². The Morgan fingerprint density at radius 2 is 1.46 bits per heavy atom. The Kier molecular flexibility index (Phi) is 6.56. The van der Waals surface area contributed by atoms with Gasteiger partial charge in [-0.2, -0.15) is 0 Å². The Hall–Kier alpha value is -6.60. The molecule has 0 N–H and O–H groups in total. The Labute approximate surface area is 318 Å². The molecule has 0 bridgehead atoms. The molecule has 1 aliphatic rings. The summed E-state index contributed by atoms with van der Waals surface area (Å²) < 4.78 is 42.4. The summed E-state index contributed by atoms with van der Waals surface area (Å²) in [7, 11) is 0. The number of nitrogens with zero attached hydrogens (tertiary/aromatic N) is 4. The summed E-state index contributed by atoms with van der Waals surface area (Å²) in [6.07, 6.45) is 4.94. The van der Waals surface area contributed by atoms with E-state index in [1.165, 1.54) is 15.6 Å². The van der Waals surface area contributed by atoms with Crippen LogP contribution in [0.2, 0.25) is 0 Å². The van der Waals surface area contributed by atoms with Crippen LogP contribution in [0.1, 0.15) is 30.4 Å². The molecule has 9 aromatic rings. The lowest BCUT2D eigenvalue weighted by molar-refractivity contribution is -0.649. The molecule has 54 heavy (non-hydrogen) atoms. The zero-order chi connectivity index (χ0) is 39.1. The first-order valence-corrected chi connectivity index (χ1v) is 18.2. The van der Waals surface area contributed by atoms with Crippen molar-refractivity contribution in [2.45, 2.75) is 26.2 Å². The Morgan fingerprint density at radius 3 is 2.26 bits per heavy atom. The van der Waals surface area contributed by atoms with E-state index < -0.39 is 6.98 Å². The Morgan fingerprint density at radius 1 is 0.704 bits per heavy atom. The quantitative estimate of drug-likeness (QED) is 0.103. The van der Waals surface area contributed by atoms with E-state index in [0.717, 1.165) is 61.3 Å². The second-order valence-electron chi connectivity index (χ2n) is 14.9. The van der Waals surface area contributed by atoms with Crippen LogP contribution < -0.4 is 30.4 Å². The van der Waals surface area contributed by atoms with Crippen molar-refractivity contribution in [3.8, 4) is 34.5 Å². The standard InChI is InChI=1S/C47H37BN4O2/c1-47(2,3)31-24-25-49-46(26-31)52-40-23-20-32(48-38-14-5-9-18-44(38)54-45-19-10-6-15-39(45)48)27-37(40)36-22-21-35(29-43(36)52)53-34-13-11-12-33(28-34)51-30-50(4)41-16-7-8-17-42(41)51/h5-29H,1-4H3/i4D3. The number of hydrogen-bond acceptors (Lipinski definition) is 3. The van der Waals surface area contributed by atoms with Crippen LogP contribution in [0.4, 0.5) is 0 Å². The van der Waals surface area contributed by atoms with Crippen LogP contribution in [0.5, 0.6) is 23.0 Å². The molecule has 0 saturated carbocycles. The molecule has 4 heterocycles. The topological polar surface area (TPSA) is 45.1 Å². The van der Waals surface area contributed by atoms with Gasteiger partial charge in [-0.1, -0.05) is 111 Å². The molecule has 0 aliphatic carbocycles. The van der Waals surface area contributed by atoms with E-state index in [1.807, 2.05) is 79.0 Å². The zero-order valence-electron chi connectivity index (χ0n) is 33.1. The number of aryl methyl sites for hydroxylation is 1. The normalized spacial score (nSPS) is 13.6. The maximum Gasteiger partial charge on any atom is 0.250 e. The van der Waals surface area contributed by atoms with Crippen molar-refractivity contribution in [1.29, 1.82) is 0 Å². The van der Waals surface area contributed by atoms with Crippen LogP contribution in [0.15, 0.2) is 152 Å². The highest BCUT2D eigenvalue weighted by molar-refractivity contribution is 6.97. The van der Waals surface area contributed by atoms with E-state index in [1.54, 1.807) is 10.6 Å². The lowest BCUT2D eigenvalue weighted by atomic mass is 9.36. The van der Waals surface area contributed by atoms with Gasteiger partial charge in [0.05, 0.1) is 38.8 Å². The molecule has 3 aromatic heterocycles. The van der Waals surface area contributed by atoms with Crippen LogP contribution in [0.3, 0.4) is 0 Å². The fraction of sp³-hybridized carbons (Fsp3) is 0.106. The van der Waals surface area contributed by atoms with Crippen molar-refractivity contribution < 1.29 is 18.2 Å². The molecule has 7 heteroatoms. The van der Waals surface area contributed by atoms with Crippen molar-refractivity contribution in [1.82, 2.24) is 14.1 Å². The van der Waals surface area contributed by atoms with E-state index in [0.29, 0.717) is 17.0 Å². The van der Waals surface area contributed by atoms with Crippen molar-refractivity contribution in [3.05, 3.63) is 164 Å². The lowest BCUT2D eigenvalue weighted by Crippen LogP contribution is -2.54. The van der Waals surface area contributed by atoms with E-state index >= 15 is 0 Å². The predicted molar refractivity (Wildman–Crippen MR) is 218 cm³/mol. The number of fused-ring (bicyclic) bond motifs is 6. The molecule has 260 valence electrons. The third-order valence-corrected chi connectivity index (χ3v) is 10.5. The monoisotopic (exact) mass is 703 g/mol. The van der Waals surface area contributed by atoms with Gasteiger partial charge in [0, 0.05) is 23.0 Å². The third kappa shape index (κ3) is 5.26. The van der Waals surface area contributed by atoms with Gasteiger partial charge in [-0.15, -0.1) is 0 Å². The summed E-state index contributed by atoms with van der Waals surface area (Å²) in [6, 6.07) is 48.8. The molecule has 0 amide bonds. The minimum atomic E-state index is -2.38. The first-order valence-electron chi connectivity index (χ1n) is 19.7. The highest BCUT2D eigenvalue weighted by Crippen LogP contribution is 2.36. The predicted octanol–water partition coefficient (Wildman–Crippen LogP) is 8.46. The number of aromatic nitrogens is 4. The lowest BCUT2D eigenvalue weighted by Gasteiger charge is -2.26. The maximum atomic E-state index is 8.09. The molecule has 10 rings (SSSR count). The zero-order valence-corrected chi connectivity index (χ0v) is 30.1. The largest absolute Gasteiger partial charge is 0.458 e. The van der Waals surface area contributed by atoms with Gasteiger partial charge in [0.25, 0.3) is 6.71 Å². The molecule has 0 atom stereocenters. The summed E-state index contributed by atoms with van der Waals surface area (Å²) >= 11 is 0. The molecular weight excluding hydrogens is 663 g/mol. The SMILES string of the molecule is [2H]C([2H])([2H])[n+]1[c-]n(-c2cccc(Oc3ccc4c5cc(B6c7ccccc7Oc7ccccc76)ccc5n(-c5cc(C(C)(C)C)ccn5)c4c3)c2)c2ccccc21. The summed E-state index contributed by atoms with van der Waals surface area (Å²) in [4.78, 5) is 4.93. The molecule has 0 fully saturated rings. The van der Waals surface area contributed by atoms with Gasteiger partial charge in [0.1, 0.15) is 28.8 Å². The Bertz CT molecular complexity index is 2990. The number of hydrogen-bond donors (Lipinski definition) is 0. The van der Waals surface area contributed by atoms with Crippen molar-refractivity contribution >= 4 is 55.9 Å². The number of para-hydroxylation sites is 4. The molecular formula is C47H37BN4O2. The maximum absolute atomic E-state index is 8.09. The van der Waals surface area contributed by atoms with Crippen LogP contribution in [0, 0.1) is 6.33 Å².